The van der Waals surface area contributed by atoms with E-state index in [0.717, 1.165) is 36.0 Å². The zero-order valence-electron chi connectivity index (χ0n) is 11.1. The van der Waals surface area contributed by atoms with Gasteiger partial charge in [0.05, 0.1) is 6.04 Å². The van der Waals surface area contributed by atoms with Crippen LogP contribution in [0.3, 0.4) is 0 Å². The van der Waals surface area contributed by atoms with Crippen LogP contribution in [0.4, 0.5) is 0 Å². The number of aromatic nitrogens is 2. The molecule has 0 aliphatic carbocycles. The van der Waals surface area contributed by atoms with Crippen LogP contribution in [-0.2, 0) is 0 Å². The van der Waals surface area contributed by atoms with Crippen molar-refractivity contribution in [3.05, 3.63) is 52.8 Å². The molecule has 1 aliphatic heterocycles. The van der Waals surface area contributed by atoms with Crippen LogP contribution < -0.4 is 0 Å². The fourth-order valence-corrected chi connectivity index (χ4v) is 2.87. The number of benzene rings is 1. The molecule has 0 radical (unpaired) electrons. The van der Waals surface area contributed by atoms with Gasteiger partial charge in [0.1, 0.15) is 0 Å². The lowest BCUT2D eigenvalue weighted by molar-refractivity contribution is 0.0690. The molecule has 1 amide bonds. The Morgan fingerprint density at radius 1 is 1.20 bits per heavy atom. The maximum atomic E-state index is 12.4. The maximum absolute atomic E-state index is 12.4. The summed E-state index contributed by atoms with van der Waals surface area (Å²) < 4.78 is 2.99. The Bertz CT molecular complexity index is 572. The van der Waals surface area contributed by atoms with Gasteiger partial charge in [-0.3, -0.25) is 9.48 Å². The minimum atomic E-state index is 0.122. The second-order valence-corrected chi connectivity index (χ2v) is 5.93. The van der Waals surface area contributed by atoms with Gasteiger partial charge in [-0.1, -0.05) is 15.9 Å². The molecule has 0 bridgehead atoms. The summed E-state index contributed by atoms with van der Waals surface area (Å²) in [6.45, 7) is 1.58. The highest BCUT2D eigenvalue weighted by Crippen LogP contribution is 2.23. The van der Waals surface area contributed by atoms with Gasteiger partial charge in [0.25, 0.3) is 5.91 Å². The van der Waals surface area contributed by atoms with Crippen molar-refractivity contribution in [1.29, 1.82) is 0 Å². The Kier molecular flexibility index (Phi) is 3.87. The minimum Gasteiger partial charge on any atom is -0.338 e. The van der Waals surface area contributed by atoms with E-state index < -0.39 is 0 Å². The van der Waals surface area contributed by atoms with Gasteiger partial charge in [-0.05, 0) is 43.2 Å². The summed E-state index contributed by atoms with van der Waals surface area (Å²) in [7, 11) is 0. The molecule has 1 aromatic heterocycles. The fourth-order valence-electron chi connectivity index (χ4n) is 2.61. The SMILES string of the molecule is O=C(c1ccc(Br)cc1)N1CCC(n2cccn2)CC1. The second-order valence-electron chi connectivity index (χ2n) is 5.02. The molecule has 3 rings (SSSR count). The quantitative estimate of drug-likeness (QED) is 0.846. The van der Waals surface area contributed by atoms with E-state index in [1.54, 1.807) is 6.20 Å². The first-order valence-electron chi connectivity index (χ1n) is 6.78. The third-order valence-electron chi connectivity index (χ3n) is 3.74. The first kappa shape index (κ1) is 13.4. The number of likely N-dealkylation sites (tertiary alicyclic amines) is 1. The van der Waals surface area contributed by atoms with Gasteiger partial charge in [0.2, 0.25) is 0 Å². The van der Waals surface area contributed by atoms with E-state index in [9.17, 15) is 4.79 Å². The Hall–Kier alpha value is -1.62. The first-order chi connectivity index (χ1) is 9.74. The molecule has 20 heavy (non-hydrogen) atoms. The zero-order chi connectivity index (χ0) is 13.9. The van der Waals surface area contributed by atoms with Crippen molar-refractivity contribution in [2.24, 2.45) is 0 Å². The number of nitrogens with zero attached hydrogens (tertiary/aromatic N) is 3. The van der Waals surface area contributed by atoms with Gasteiger partial charge in [-0.25, -0.2) is 0 Å². The summed E-state index contributed by atoms with van der Waals surface area (Å²) in [5.74, 6) is 0.122. The van der Waals surface area contributed by atoms with Crippen molar-refractivity contribution < 1.29 is 4.79 Å². The fraction of sp³-hybridized carbons (Fsp3) is 0.333. The van der Waals surface area contributed by atoms with E-state index >= 15 is 0 Å². The van der Waals surface area contributed by atoms with Gasteiger partial charge < -0.3 is 4.90 Å². The smallest absolute Gasteiger partial charge is 0.253 e. The van der Waals surface area contributed by atoms with Gasteiger partial charge in [0, 0.05) is 35.5 Å². The second kappa shape index (κ2) is 5.79. The van der Waals surface area contributed by atoms with Crippen molar-refractivity contribution >= 4 is 21.8 Å². The Morgan fingerprint density at radius 2 is 1.90 bits per heavy atom. The summed E-state index contributed by atoms with van der Waals surface area (Å²) in [4.78, 5) is 14.3. The highest BCUT2D eigenvalue weighted by atomic mass is 79.9. The first-order valence-corrected chi connectivity index (χ1v) is 7.57. The Morgan fingerprint density at radius 3 is 2.50 bits per heavy atom. The number of hydrogen-bond acceptors (Lipinski definition) is 2. The normalized spacial score (nSPS) is 16.4. The van der Waals surface area contributed by atoms with Crippen LogP contribution in [0.1, 0.15) is 29.2 Å². The summed E-state index contributed by atoms with van der Waals surface area (Å²) in [6.07, 6.45) is 5.73. The molecule has 1 aromatic carbocycles. The molecule has 2 heterocycles. The lowest BCUT2D eigenvalue weighted by Gasteiger charge is -2.32. The third-order valence-corrected chi connectivity index (χ3v) is 4.27. The van der Waals surface area contributed by atoms with Crippen LogP contribution >= 0.6 is 15.9 Å². The van der Waals surface area contributed by atoms with Crippen molar-refractivity contribution in [3.8, 4) is 0 Å². The van der Waals surface area contributed by atoms with Crippen molar-refractivity contribution in [3.63, 3.8) is 0 Å². The van der Waals surface area contributed by atoms with E-state index in [0.29, 0.717) is 6.04 Å². The molecular formula is C15H16BrN3O. The molecule has 2 aromatic rings. The average molecular weight is 334 g/mol. The largest absolute Gasteiger partial charge is 0.338 e. The summed E-state index contributed by atoms with van der Waals surface area (Å²) in [6, 6.07) is 9.91. The highest BCUT2D eigenvalue weighted by Gasteiger charge is 2.24. The zero-order valence-corrected chi connectivity index (χ0v) is 12.7. The number of piperidine rings is 1. The van der Waals surface area contributed by atoms with E-state index in [1.165, 1.54) is 0 Å². The number of carbonyl (C=O) groups excluding carboxylic acids is 1. The molecule has 0 saturated carbocycles. The molecule has 1 fully saturated rings. The lowest BCUT2D eigenvalue weighted by atomic mass is 10.0. The number of rotatable bonds is 2. The number of carbonyl (C=O) groups is 1. The molecule has 4 nitrogen and oxygen atoms in total. The van der Waals surface area contributed by atoms with Crippen LogP contribution in [0, 0.1) is 0 Å². The summed E-state index contributed by atoms with van der Waals surface area (Å²) in [5, 5.41) is 4.29. The molecule has 5 heteroatoms. The number of hydrogen-bond donors (Lipinski definition) is 0. The van der Waals surface area contributed by atoms with Gasteiger partial charge in [-0.2, -0.15) is 5.10 Å². The van der Waals surface area contributed by atoms with Crippen LogP contribution in [0.25, 0.3) is 0 Å². The molecule has 1 aliphatic rings. The highest BCUT2D eigenvalue weighted by molar-refractivity contribution is 9.10. The Balaban J connectivity index is 1.63. The van der Waals surface area contributed by atoms with Crippen LogP contribution in [0.15, 0.2) is 47.2 Å². The molecule has 0 atom stereocenters. The van der Waals surface area contributed by atoms with E-state index in [1.807, 2.05) is 46.1 Å². The van der Waals surface area contributed by atoms with Crippen LogP contribution in [0.2, 0.25) is 0 Å². The minimum absolute atomic E-state index is 0.122. The maximum Gasteiger partial charge on any atom is 0.253 e. The number of amides is 1. The molecule has 1 saturated heterocycles. The number of halogens is 1. The predicted molar refractivity (Wildman–Crippen MR) is 80.5 cm³/mol. The van der Waals surface area contributed by atoms with Crippen molar-refractivity contribution in [2.45, 2.75) is 18.9 Å². The molecule has 104 valence electrons. The van der Waals surface area contributed by atoms with E-state index in [4.69, 9.17) is 0 Å². The summed E-state index contributed by atoms with van der Waals surface area (Å²) in [5.41, 5.74) is 0.755. The van der Waals surface area contributed by atoms with Gasteiger partial charge in [-0.15, -0.1) is 0 Å². The van der Waals surface area contributed by atoms with Gasteiger partial charge >= 0.3 is 0 Å². The average Bonchev–Trinajstić information content (AvgIpc) is 3.02. The predicted octanol–water partition coefficient (Wildman–Crippen LogP) is 3.12. The third kappa shape index (κ3) is 2.77. The molecule has 0 unspecified atom stereocenters. The standard InChI is InChI=1S/C15H16BrN3O/c16-13-4-2-12(3-5-13)15(20)18-10-6-14(7-11-18)19-9-1-8-17-19/h1-5,8-9,14H,6-7,10-11H2. The monoisotopic (exact) mass is 333 g/mol. The molecule has 0 N–H and O–H groups in total. The summed E-state index contributed by atoms with van der Waals surface area (Å²) >= 11 is 3.39. The molecular weight excluding hydrogens is 318 g/mol. The lowest BCUT2D eigenvalue weighted by Crippen LogP contribution is -2.39. The van der Waals surface area contributed by atoms with Crippen LogP contribution in [-0.4, -0.2) is 33.7 Å². The van der Waals surface area contributed by atoms with Crippen molar-refractivity contribution in [1.82, 2.24) is 14.7 Å². The van der Waals surface area contributed by atoms with Gasteiger partial charge in [0.15, 0.2) is 0 Å². The Labute approximate surface area is 126 Å². The topological polar surface area (TPSA) is 38.1 Å². The van der Waals surface area contributed by atoms with E-state index in [-0.39, 0.29) is 5.91 Å². The van der Waals surface area contributed by atoms with E-state index in [2.05, 4.69) is 21.0 Å². The van der Waals surface area contributed by atoms with Crippen molar-refractivity contribution in [2.75, 3.05) is 13.1 Å². The van der Waals surface area contributed by atoms with Crippen LogP contribution in [0.5, 0.6) is 0 Å². The molecule has 0 spiro atoms.